The van der Waals surface area contributed by atoms with E-state index < -0.39 is 6.04 Å². The molecule has 1 aliphatic rings. The lowest BCUT2D eigenvalue weighted by atomic mass is 10.1. The second-order valence-corrected chi connectivity index (χ2v) is 6.48. The molecule has 4 N–H and O–H groups in total. The number of hydrogen-bond acceptors (Lipinski definition) is 5. The fraction of sp³-hybridized carbons (Fsp3) is 0.0455. The molecule has 140 valence electrons. The number of anilines is 2. The van der Waals surface area contributed by atoms with E-state index in [0.717, 1.165) is 5.56 Å². The highest BCUT2D eigenvalue weighted by atomic mass is 16.3. The molecule has 28 heavy (non-hydrogen) atoms. The molecule has 1 aliphatic heterocycles. The Bertz CT molecular complexity index is 1040. The summed E-state index contributed by atoms with van der Waals surface area (Å²) in [6.07, 6.45) is 1.79. The maximum Gasteiger partial charge on any atom is 0.275 e. The Morgan fingerprint density at radius 1 is 0.786 bits per heavy atom. The summed E-state index contributed by atoms with van der Waals surface area (Å²) in [6, 6.07) is 19.1. The maximum absolute atomic E-state index is 13.2. The molecule has 0 bridgehead atoms. The number of phenols is 3. The quantitative estimate of drug-likeness (QED) is 0.520. The lowest BCUT2D eigenvalue weighted by Gasteiger charge is -2.25. The Morgan fingerprint density at radius 2 is 1.43 bits per heavy atom. The van der Waals surface area contributed by atoms with Crippen molar-refractivity contribution in [3.8, 4) is 17.2 Å². The summed E-state index contributed by atoms with van der Waals surface area (Å²) < 4.78 is 0. The normalized spacial score (nSPS) is 16.1. The summed E-state index contributed by atoms with van der Waals surface area (Å²) >= 11 is 0. The lowest BCUT2D eigenvalue weighted by molar-refractivity contribution is -0.114. The number of benzene rings is 3. The predicted molar refractivity (Wildman–Crippen MR) is 106 cm³/mol. The predicted octanol–water partition coefficient (Wildman–Crippen LogP) is 3.89. The van der Waals surface area contributed by atoms with Crippen molar-refractivity contribution in [1.82, 2.24) is 0 Å². The number of rotatable bonds is 4. The van der Waals surface area contributed by atoms with E-state index in [1.807, 2.05) is 6.07 Å². The van der Waals surface area contributed by atoms with E-state index >= 15 is 0 Å². The molecule has 0 radical (unpaired) electrons. The number of carbonyl (C=O) groups excluding carboxylic acids is 1. The van der Waals surface area contributed by atoms with Gasteiger partial charge in [-0.05, 0) is 72.3 Å². The zero-order chi connectivity index (χ0) is 19.7. The van der Waals surface area contributed by atoms with Gasteiger partial charge in [0.05, 0.1) is 6.04 Å². The van der Waals surface area contributed by atoms with Crippen LogP contribution in [0.2, 0.25) is 0 Å². The van der Waals surface area contributed by atoms with Crippen molar-refractivity contribution in [2.24, 2.45) is 0 Å². The van der Waals surface area contributed by atoms with E-state index in [2.05, 4.69) is 5.32 Å². The van der Waals surface area contributed by atoms with Gasteiger partial charge in [-0.15, -0.1) is 0 Å². The van der Waals surface area contributed by atoms with E-state index in [1.54, 1.807) is 53.4 Å². The largest absolute Gasteiger partial charge is 0.508 e. The van der Waals surface area contributed by atoms with Gasteiger partial charge in [0, 0.05) is 11.4 Å². The number of phenolic OH excluding ortho intramolecular Hbond substituents is 3. The summed E-state index contributed by atoms with van der Waals surface area (Å²) in [4.78, 5) is 14.7. The summed E-state index contributed by atoms with van der Waals surface area (Å²) in [5.41, 5.74) is 2.42. The Morgan fingerprint density at radius 3 is 2.07 bits per heavy atom. The molecule has 6 heteroatoms. The van der Waals surface area contributed by atoms with Gasteiger partial charge in [-0.3, -0.25) is 9.69 Å². The maximum atomic E-state index is 13.2. The third-order valence-corrected chi connectivity index (χ3v) is 4.54. The van der Waals surface area contributed by atoms with Crippen molar-refractivity contribution < 1.29 is 20.1 Å². The number of nitrogens with one attached hydrogen (secondary N) is 1. The molecule has 1 atom stereocenters. The standard InChI is InChI=1S/C22H18N2O4/c25-17-8-4-15(5-9-17)23-20-13-21(14-2-1-3-19(27)12-14)24(22(20)28)16-6-10-18(26)11-7-16/h1-13,21,23,25-27H. The van der Waals surface area contributed by atoms with Gasteiger partial charge >= 0.3 is 0 Å². The average Bonchev–Trinajstić information content (AvgIpc) is 3.01. The molecule has 4 rings (SSSR count). The first kappa shape index (κ1) is 17.5. The molecule has 0 saturated heterocycles. The third kappa shape index (κ3) is 3.35. The first-order valence-corrected chi connectivity index (χ1v) is 8.71. The van der Waals surface area contributed by atoms with Crippen LogP contribution in [0.5, 0.6) is 17.2 Å². The Balaban J connectivity index is 1.73. The van der Waals surface area contributed by atoms with Crippen molar-refractivity contribution in [2.75, 3.05) is 10.2 Å². The van der Waals surface area contributed by atoms with Crippen molar-refractivity contribution in [3.63, 3.8) is 0 Å². The first-order chi connectivity index (χ1) is 13.5. The highest BCUT2D eigenvalue weighted by Crippen LogP contribution is 2.37. The van der Waals surface area contributed by atoms with Crippen molar-refractivity contribution >= 4 is 17.3 Å². The molecule has 0 fully saturated rings. The molecule has 6 nitrogen and oxygen atoms in total. The minimum absolute atomic E-state index is 0.111. The van der Waals surface area contributed by atoms with Crippen LogP contribution in [0.4, 0.5) is 11.4 Å². The van der Waals surface area contributed by atoms with Crippen molar-refractivity contribution in [1.29, 1.82) is 0 Å². The number of nitrogens with zero attached hydrogens (tertiary/aromatic N) is 1. The molecule has 0 aliphatic carbocycles. The van der Waals surface area contributed by atoms with Crippen LogP contribution in [-0.2, 0) is 4.79 Å². The fourth-order valence-electron chi connectivity index (χ4n) is 3.20. The molecule has 0 saturated carbocycles. The molecular formula is C22H18N2O4. The Hall–Kier alpha value is -3.93. The van der Waals surface area contributed by atoms with Crippen LogP contribution in [-0.4, -0.2) is 21.2 Å². The molecule has 1 unspecified atom stereocenters. The summed E-state index contributed by atoms with van der Waals surface area (Å²) in [7, 11) is 0. The van der Waals surface area contributed by atoms with Crippen LogP contribution in [0.3, 0.4) is 0 Å². The van der Waals surface area contributed by atoms with Crippen molar-refractivity contribution in [2.45, 2.75) is 6.04 Å². The molecule has 3 aromatic carbocycles. The molecule has 0 spiro atoms. The summed E-state index contributed by atoms with van der Waals surface area (Å²) in [6.45, 7) is 0. The minimum atomic E-state index is -0.427. The number of hydrogen-bond donors (Lipinski definition) is 4. The van der Waals surface area contributed by atoms with Crippen LogP contribution in [0.15, 0.2) is 84.6 Å². The molecular weight excluding hydrogens is 356 g/mol. The first-order valence-electron chi connectivity index (χ1n) is 8.71. The minimum Gasteiger partial charge on any atom is -0.508 e. The van der Waals surface area contributed by atoms with Crippen molar-refractivity contribution in [3.05, 3.63) is 90.1 Å². The van der Waals surface area contributed by atoms with Gasteiger partial charge in [0.15, 0.2) is 0 Å². The van der Waals surface area contributed by atoms with Gasteiger partial charge in [0.1, 0.15) is 22.9 Å². The third-order valence-electron chi connectivity index (χ3n) is 4.54. The second kappa shape index (κ2) is 7.00. The van der Waals surface area contributed by atoms with Gasteiger partial charge in [0.25, 0.3) is 5.91 Å². The van der Waals surface area contributed by atoms with Gasteiger partial charge in [-0.25, -0.2) is 0 Å². The monoisotopic (exact) mass is 374 g/mol. The van der Waals surface area contributed by atoms with E-state index in [-0.39, 0.29) is 23.2 Å². The second-order valence-electron chi connectivity index (χ2n) is 6.48. The molecule has 1 heterocycles. The topological polar surface area (TPSA) is 93.0 Å². The van der Waals surface area contributed by atoms with E-state index in [0.29, 0.717) is 17.1 Å². The smallest absolute Gasteiger partial charge is 0.275 e. The van der Waals surface area contributed by atoms with Gasteiger partial charge in [-0.1, -0.05) is 12.1 Å². The van der Waals surface area contributed by atoms with Gasteiger partial charge < -0.3 is 20.6 Å². The van der Waals surface area contributed by atoms with E-state index in [4.69, 9.17) is 0 Å². The van der Waals surface area contributed by atoms with Gasteiger partial charge in [0.2, 0.25) is 0 Å². The van der Waals surface area contributed by atoms with E-state index in [1.165, 1.54) is 24.3 Å². The van der Waals surface area contributed by atoms with Crippen LogP contribution < -0.4 is 10.2 Å². The highest BCUT2D eigenvalue weighted by Gasteiger charge is 2.34. The number of aromatic hydroxyl groups is 3. The van der Waals surface area contributed by atoms with Crippen LogP contribution in [0.25, 0.3) is 0 Å². The average molecular weight is 374 g/mol. The zero-order valence-electron chi connectivity index (χ0n) is 14.8. The molecule has 1 amide bonds. The number of amides is 1. The lowest BCUT2D eigenvalue weighted by Crippen LogP contribution is -2.30. The number of carbonyl (C=O) groups is 1. The highest BCUT2D eigenvalue weighted by molar-refractivity contribution is 6.11. The van der Waals surface area contributed by atoms with Gasteiger partial charge in [-0.2, -0.15) is 0 Å². The van der Waals surface area contributed by atoms with Crippen LogP contribution in [0, 0.1) is 0 Å². The van der Waals surface area contributed by atoms with Crippen LogP contribution >= 0.6 is 0 Å². The fourth-order valence-corrected chi connectivity index (χ4v) is 3.20. The summed E-state index contributed by atoms with van der Waals surface area (Å²) in [5, 5.41) is 32.0. The zero-order valence-corrected chi connectivity index (χ0v) is 14.8. The summed E-state index contributed by atoms with van der Waals surface area (Å²) in [5.74, 6) is 0.122. The Kier molecular flexibility index (Phi) is 4.37. The SMILES string of the molecule is O=C1C(Nc2ccc(O)cc2)=CC(c2cccc(O)c2)N1c1ccc(O)cc1. The molecule has 0 aromatic heterocycles. The van der Waals surface area contributed by atoms with E-state index in [9.17, 15) is 20.1 Å². The molecule has 3 aromatic rings. The Labute approximate surface area is 161 Å². The van der Waals surface area contributed by atoms with Crippen LogP contribution in [0.1, 0.15) is 11.6 Å².